The van der Waals surface area contributed by atoms with E-state index in [1.54, 1.807) is 12.1 Å². The predicted octanol–water partition coefficient (Wildman–Crippen LogP) is 1.39. The number of rotatable bonds is 3. The van der Waals surface area contributed by atoms with Crippen molar-refractivity contribution < 1.29 is 14.3 Å². The molecule has 0 radical (unpaired) electrons. The summed E-state index contributed by atoms with van der Waals surface area (Å²) in [7, 11) is 0. The Balaban J connectivity index is 2.28. The van der Waals surface area contributed by atoms with Crippen LogP contribution in [0.2, 0.25) is 0 Å². The Labute approximate surface area is 129 Å². The van der Waals surface area contributed by atoms with Crippen LogP contribution in [0.25, 0.3) is 11.0 Å². The molecule has 3 aromatic rings. The lowest BCUT2D eigenvalue weighted by atomic mass is 10.1. The molecule has 0 aliphatic carbocycles. The fourth-order valence-corrected chi connectivity index (χ4v) is 2.41. The third-order valence-electron chi connectivity index (χ3n) is 3.50. The van der Waals surface area contributed by atoms with E-state index in [1.807, 2.05) is 0 Å². The van der Waals surface area contributed by atoms with E-state index in [-0.39, 0.29) is 12.1 Å². The molecule has 0 fully saturated rings. The first-order valence-corrected chi connectivity index (χ1v) is 6.74. The maximum atomic E-state index is 13.0. The average Bonchev–Trinajstić information content (AvgIpc) is 2.53. The molecule has 1 aromatic carbocycles. The first-order chi connectivity index (χ1) is 11.0. The highest BCUT2D eigenvalue weighted by Crippen LogP contribution is 2.24. The van der Waals surface area contributed by atoms with Crippen molar-refractivity contribution >= 4 is 16.9 Å². The van der Waals surface area contributed by atoms with Crippen LogP contribution in [0.3, 0.4) is 0 Å². The van der Waals surface area contributed by atoms with E-state index in [1.165, 1.54) is 35.0 Å². The van der Waals surface area contributed by atoms with E-state index in [9.17, 15) is 19.1 Å². The Bertz CT molecular complexity index is 965. The van der Waals surface area contributed by atoms with E-state index in [4.69, 9.17) is 5.73 Å². The maximum Gasteiger partial charge on any atom is 0.268 e. The van der Waals surface area contributed by atoms with E-state index < -0.39 is 28.6 Å². The van der Waals surface area contributed by atoms with Crippen LogP contribution < -0.4 is 11.3 Å². The third kappa shape index (κ3) is 2.52. The number of carbonyl (C=O) groups is 1. The van der Waals surface area contributed by atoms with Crippen molar-refractivity contribution in [3.63, 3.8) is 0 Å². The number of carbonyl (C=O) groups excluding carboxylic acids is 1. The highest BCUT2D eigenvalue weighted by Gasteiger charge is 2.21. The zero-order chi connectivity index (χ0) is 16.6. The topological polar surface area (TPSA) is 98.2 Å². The number of halogens is 1. The summed E-state index contributed by atoms with van der Waals surface area (Å²) in [5.41, 5.74) is 5.06. The van der Waals surface area contributed by atoms with Gasteiger partial charge in [-0.2, -0.15) is 0 Å². The highest BCUT2D eigenvalue weighted by molar-refractivity contribution is 6.00. The van der Waals surface area contributed by atoms with Gasteiger partial charge in [0, 0.05) is 6.20 Å². The molecule has 0 bridgehead atoms. The first kappa shape index (κ1) is 14.7. The summed E-state index contributed by atoms with van der Waals surface area (Å²) in [6.45, 7) is 0.0852. The summed E-state index contributed by atoms with van der Waals surface area (Å²) < 4.78 is 14.3. The standard InChI is InChI=1S/C16H12FN3O3/c17-10-5-3-9(4-6-10)8-20-11-2-1-7-19-13(11)14(21)12(15(18)22)16(20)23/h1-7,21H,8H2,(H2,18,22). The quantitative estimate of drug-likeness (QED) is 0.763. The molecule has 0 saturated carbocycles. The Morgan fingerprint density at radius 1 is 1.26 bits per heavy atom. The summed E-state index contributed by atoms with van der Waals surface area (Å²) in [4.78, 5) is 28.0. The zero-order valence-electron chi connectivity index (χ0n) is 11.9. The summed E-state index contributed by atoms with van der Waals surface area (Å²) in [6, 6.07) is 8.80. The van der Waals surface area contributed by atoms with Crippen LogP contribution in [-0.2, 0) is 6.54 Å². The number of pyridine rings is 2. The molecule has 2 aromatic heterocycles. The van der Waals surface area contributed by atoms with Crippen molar-refractivity contribution in [2.45, 2.75) is 6.54 Å². The second-order valence-corrected chi connectivity index (χ2v) is 4.98. The van der Waals surface area contributed by atoms with Gasteiger partial charge >= 0.3 is 0 Å². The van der Waals surface area contributed by atoms with Crippen molar-refractivity contribution in [1.82, 2.24) is 9.55 Å². The fraction of sp³-hybridized carbons (Fsp3) is 0.0625. The predicted molar refractivity (Wildman–Crippen MR) is 81.7 cm³/mol. The van der Waals surface area contributed by atoms with Crippen molar-refractivity contribution in [3.8, 4) is 5.75 Å². The summed E-state index contributed by atoms with van der Waals surface area (Å²) in [6.07, 6.45) is 1.43. The number of amides is 1. The Hall–Kier alpha value is -3.22. The Morgan fingerprint density at radius 2 is 1.96 bits per heavy atom. The smallest absolute Gasteiger partial charge is 0.268 e. The van der Waals surface area contributed by atoms with Gasteiger partial charge in [-0.1, -0.05) is 12.1 Å². The fourth-order valence-electron chi connectivity index (χ4n) is 2.41. The number of benzene rings is 1. The molecule has 23 heavy (non-hydrogen) atoms. The molecule has 6 nitrogen and oxygen atoms in total. The second kappa shape index (κ2) is 5.53. The van der Waals surface area contributed by atoms with Crippen molar-refractivity contribution in [1.29, 1.82) is 0 Å². The molecule has 0 aliphatic rings. The molecular formula is C16H12FN3O3. The lowest BCUT2D eigenvalue weighted by Crippen LogP contribution is -2.30. The van der Waals surface area contributed by atoms with Crippen molar-refractivity contribution in [2.75, 3.05) is 0 Å². The monoisotopic (exact) mass is 313 g/mol. The van der Waals surface area contributed by atoms with Gasteiger partial charge in [0.15, 0.2) is 5.75 Å². The van der Waals surface area contributed by atoms with Crippen LogP contribution in [0.4, 0.5) is 4.39 Å². The molecule has 7 heteroatoms. The molecule has 0 saturated heterocycles. The van der Waals surface area contributed by atoms with Crippen LogP contribution >= 0.6 is 0 Å². The van der Waals surface area contributed by atoms with Crippen molar-refractivity contribution in [2.24, 2.45) is 5.73 Å². The molecule has 0 unspecified atom stereocenters. The van der Waals surface area contributed by atoms with Gasteiger partial charge in [0.1, 0.15) is 16.9 Å². The molecule has 116 valence electrons. The van der Waals surface area contributed by atoms with Gasteiger partial charge in [-0.25, -0.2) is 4.39 Å². The minimum absolute atomic E-state index is 0.0852. The third-order valence-corrected chi connectivity index (χ3v) is 3.50. The molecule has 0 aliphatic heterocycles. The van der Waals surface area contributed by atoms with Crippen molar-refractivity contribution in [3.05, 3.63) is 69.9 Å². The number of aromatic nitrogens is 2. The second-order valence-electron chi connectivity index (χ2n) is 4.98. The number of hydrogen-bond acceptors (Lipinski definition) is 4. The van der Waals surface area contributed by atoms with Gasteiger partial charge in [-0.15, -0.1) is 0 Å². The van der Waals surface area contributed by atoms with Crippen LogP contribution in [-0.4, -0.2) is 20.6 Å². The van der Waals surface area contributed by atoms with Crippen LogP contribution in [0, 0.1) is 5.82 Å². The van der Waals surface area contributed by atoms with Crippen LogP contribution in [0.5, 0.6) is 5.75 Å². The molecule has 0 atom stereocenters. The molecule has 2 heterocycles. The molecular weight excluding hydrogens is 301 g/mol. The van der Waals surface area contributed by atoms with Gasteiger partial charge in [-0.3, -0.25) is 14.6 Å². The lowest BCUT2D eigenvalue weighted by molar-refractivity contribution is 0.0996. The van der Waals surface area contributed by atoms with E-state index in [2.05, 4.69) is 4.98 Å². The molecule has 3 rings (SSSR count). The largest absolute Gasteiger partial charge is 0.505 e. The Morgan fingerprint density at radius 3 is 2.61 bits per heavy atom. The lowest BCUT2D eigenvalue weighted by Gasteiger charge is -2.13. The normalized spacial score (nSPS) is 10.8. The van der Waals surface area contributed by atoms with E-state index >= 15 is 0 Å². The molecule has 0 spiro atoms. The minimum atomic E-state index is -1.03. The summed E-state index contributed by atoms with van der Waals surface area (Å²) in [5.74, 6) is -1.96. The number of fused-ring (bicyclic) bond motifs is 1. The van der Waals surface area contributed by atoms with Gasteiger partial charge < -0.3 is 15.4 Å². The number of aromatic hydroxyl groups is 1. The SMILES string of the molecule is NC(=O)c1c(O)c2ncccc2n(Cc2ccc(F)cc2)c1=O. The number of nitrogens with two attached hydrogens (primary N) is 1. The number of hydrogen-bond donors (Lipinski definition) is 2. The van der Waals surface area contributed by atoms with E-state index in [0.29, 0.717) is 11.1 Å². The van der Waals surface area contributed by atoms with Crippen LogP contribution in [0.15, 0.2) is 47.4 Å². The number of nitrogens with zero attached hydrogens (tertiary/aromatic N) is 2. The maximum absolute atomic E-state index is 13.0. The average molecular weight is 313 g/mol. The van der Waals surface area contributed by atoms with Gasteiger partial charge in [-0.05, 0) is 29.8 Å². The van der Waals surface area contributed by atoms with Gasteiger partial charge in [0.25, 0.3) is 11.5 Å². The highest BCUT2D eigenvalue weighted by atomic mass is 19.1. The number of primary amides is 1. The Kier molecular flexibility index (Phi) is 3.53. The molecule has 3 N–H and O–H groups in total. The summed E-state index contributed by atoms with van der Waals surface area (Å²) in [5, 5.41) is 10.1. The first-order valence-electron chi connectivity index (χ1n) is 6.74. The van der Waals surface area contributed by atoms with Gasteiger partial charge in [0.05, 0.1) is 12.1 Å². The molecule has 1 amide bonds. The minimum Gasteiger partial charge on any atom is -0.505 e. The zero-order valence-corrected chi connectivity index (χ0v) is 11.9. The van der Waals surface area contributed by atoms with E-state index in [0.717, 1.165) is 0 Å². The van der Waals surface area contributed by atoms with Crippen LogP contribution in [0.1, 0.15) is 15.9 Å². The summed E-state index contributed by atoms with van der Waals surface area (Å²) >= 11 is 0. The van der Waals surface area contributed by atoms with Gasteiger partial charge in [0.2, 0.25) is 0 Å².